The number of anilines is 1. The Labute approximate surface area is 127 Å². The topological polar surface area (TPSA) is 55.4 Å². The van der Waals surface area contributed by atoms with Gasteiger partial charge in [0.05, 0.1) is 0 Å². The van der Waals surface area contributed by atoms with Gasteiger partial charge in [0, 0.05) is 12.1 Å². The summed E-state index contributed by atoms with van der Waals surface area (Å²) in [4.78, 5) is 23.2. The summed E-state index contributed by atoms with van der Waals surface area (Å²) in [5.41, 5.74) is 1.49. The summed E-state index contributed by atoms with van der Waals surface area (Å²) in [5.74, 6) is -1.27. The van der Waals surface area contributed by atoms with Crippen LogP contribution in [0.1, 0.15) is 12.0 Å². The first-order chi connectivity index (χ1) is 10.6. The number of rotatable bonds is 6. The molecule has 1 amide bonds. The lowest BCUT2D eigenvalue weighted by Crippen LogP contribution is -2.21. The SMILES string of the molecule is O=C(COC(=O)CCc1ccccc1)Nc1ccc(F)cc1. The highest BCUT2D eigenvalue weighted by Crippen LogP contribution is 2.08. The molecule has 0 heterocycles. The van der Waals surface area contributed by atoms with Crippen molar-refractivity contribution in [2.24, 2.45) is 0 Å². The van der Waals surface area contributed by atoms with Gasteiger partial charge in [-0.15, -0.1) is 0 Å². The van der Waals surface area contributed by atoms with E-state index in [0.717, 1.165) is 5.56 Å². The maximum atomic E-state index is 12.7. The number of ether oxygens (including phenoxy) is 1. The van der Waals surface area contributed by atoms with Crippen LogP contribution < -0.4 is 5.32 Å². The third-order valence-corrected chi connectivity index (χ3v) is 2.95. The van der Waals surface area contributed by atoms with Crippen LogP contribution in [0, 0.1) is 5.82 Å². The van der Waals surface area contributed by atoms with Crippen LogP contribution in [0.5, 0.6) is 0 Å². The Morgan fingerprint density at radius 1 is 1.00 bits per heavy atom. The number of amides is 1. The van der Waals surface area contributed by atoms with E-state index >= 15 is 0 Å². The van der Waals surface area contributed by atoms with E-state index in [4.69, 9.17) is 4.74 Å². The van der Waals surface area contributed by atoms with Crippen molar-refractivity contribution in [1.29, 1.82) is 0 Å². The van der Waals surface area contributed by atoms with Crippen LogP contribution in [0.4, 0.5) is 10.1 Å². The number of halogens is 1. The number of carbonyl (C=O) groups is 2. The third kappa shape index (κ3) is 5.36. The van der Waals surface area contributed by atoms with Crippen molar-refractivity contribution >= 4 is 17.6 Å². The number of benzene rings is 2. The third-order valence-electron chi connectivity index (χ3n) is 2.95. The predicted octanol–water partition coefficient (Wildman–Crippen LogP) is 2.94. The molecular formula is C17H16FNO3. The van der Waals surface area contributed by atoms with Gasteiger partial charge in [0.2, 0.25) is 0 Å². The number of hydrogen-bond donors (Lipinski definition) is 1. The van der Waals surface area contributed by atoms with Crippen LogP contribution in [-0.4, -0.2) is 18.5 Å². The molecule has 0 aliphatic carbocycles. The first-order valence-corrected chi connectivity index (χ1v) is 6.88. The number of carbonyl (C=O) groups excluding carboxylic acids is 2. The molecule has 0 unspecified atom stereocenters. The Bertz CT molecular complexity index is 626. The quantitative estimate of drug-likeness (QED) is 0.835. The zero-order chi connectivity index (χ0) is 15.8. The predicted molar refractivity (Wildman–Crippen MR) is 80.8 cm³/mol. The van der Waals surface area contributed by atoms with Gasteiger partial charge in [-0.05, 0) is 36.2 Å². The van der Waals surface area contributed by atoms with Gasteiger partial charge in [-0.2, -0.15) is 0 Å². The molecule has 114 valence electrons. The van der Waals surface area contributed by atoms with Crippen LogP contribution in [0.25, 0.3) is 0 Å². The molecule has 0 bridgehead atoms. The minimum atomic E-state index is -0.459. The maximum Gasteiger partial charge on any atom is 0.306 e. The summed E-state index contributed by atoms with van der Waals surface area (Å²) in [5, 5.41) is 2.52. The maximum absolute atomic E-state index is 12.7. The van der Waals surface area contributed by atoms with E-state index in [1.807, 2.05) is 30.3 Å². The molecule has 2 aromatic rings. The molecule has 2 rings (SSSR count). The van der Waals surface area contributed by atoms with Crippen molar-refractivity contribution in [3.63, 3.8) is 0 Å². The summed E-state index contributed by atoms with van der Waals surface area (Å²) in [6.45, 7) is -0.356. The van der Waals surface area contributed by atoms with Crippen molar-refractivity contribution in [2.45, 2.75) is 12.8 Å². The number of esters is 1. The van der Waals surface area contributed by atoms with Gasteiger partial charge in [-0.25, -0.2) is 4.39 Å². The van der Waals surface area contributed by atoms with E-state index in [-0.39, 0.29) is 18.8 Å². The molecule has 0 aromatic heterocycles. The van der Waals surface area contributed by atoms with Crippen LogP contribution in [-0.2, 0) is 20.7 Å². The molecule has 0 atom stereocenters. The van der Waals surface area contributed by atoms with E-state index in [1.165, 1.54) is 24.3 Å². The fourth-order valence-electron chi connectivity index (χ4n) is 1.84. The summed E-state index contributed by atoms with van der Waals surface area (Å²) >= 11 is 0. The summed E-state index contributed by atoms with van der Waals surface area (Å²) in [7, 11) is 0. The summed E-state index contributed by atoms with van der Waals surface area (Å²) < 4.78 is 17.6. The van der Waals surface area contributed by atoms with Gasteiger partial charge < -0.3 is 10.1 Å². The second kappa shape index (κ2) is 7.93. The van der Waals surface area contributed by atoms with E-state index < -0.39 is 11.9 Å². The minimum absolute atomic E-state index is 0.216. The Hall–Kier alpha value is -2.69. The van der Waals surface area contributed by atoms with Crippen molar-refractivity contribution in [1.82, 2.24) is 0 Å². The highest BCUT2D eigenvalue weighted by molar-refractivity contribution is 5.92. The molecule has 22 heavy (non-hydrogen) atoms. The minimum Gasteiger partial charge on any atom is -0.456 e. The molecule has 0 radical (unpaired) electrons. The summed E-state index contributed by atoms with van der Waals surface area (Å²) in [6.07, 6.45) is 0.785. The highest BCUT2D eigenvalue weighted by Gasteiger charge is 2.08. The van der Waals surface area contributed by atoms with Crippen molar-refractivity contribution < 1.29 is 18.7 Å². The Morgan fingerprint density at radius 3 is 2.36 bits per heavy atom. The number of aryl methyl sites for hydroxylation is 1. The first kappa shape index (κ1) is 15.7. The van der Waals surface area contributed by atoms with Crippen LogP contribution in [0.15, 0.2) is 54.6 Å². The van der Waals surface area contributed by atoms with Gasteiger partial charge in [0.15, 0.2) is 6.61 Å². The van der Waals surface area contributed by atoms with Crippen LogP contribution in [0.2, 0.25) is 0 Å². The first-order valence-electron chi connectivity index (χ1n) is 6.88. The average Bonchev–Trinajstić information content (AvgIpc) is 2.54. The molecule has 0 saturated heterocycles. The highest BCUT2D eigenvalue weighted by atomic mass is 19.1. The fourth-order valence-corrected chi connectivity index (χ4v) is 1.84. The van der Waals surface area contributed by atoms with Crippen molar-refractivity contribution in [3.8, 4) is 0 Å². The average molecular weight is 301 g/mol. The molecule has 0 saturated carbocycles. The van der Waals surface area contributed by atoms with Crippen LogP contribution in [0.3, 0.4) is 0 Å². The van der Waals surface area contributed by atoms with Gasteiger partial charge in [0.25, 0.3) is 5.91 Å². The Morgan fingerprint density at radius 2 is 1.68 bits per heavy atom. The zero-order valence-electron chi connectivity index (χ0n) is 11.9. The Balaban J connectivity index is 1.69. The van der Waals surface area contributed by atoms with Crippen molar-refractivity contribution in [3.05, 3.63) is 66.0 Å². The monoisotopic (exact) mass is 301 g/mol. The zero-order valence-corrected chi connectivity index (χ0v) is 11.9. The normalized spacial score (nSPS) is 10.0. The Kier molecular flexibility index (Phi) is 5.65. The lowest BCUT2D eigenvalue weighted by Gasteiger charge is -2.06. The van der Waals surface area contributed by atoms with Gasteiger partial charge in [-0.3, -0.25) is 9.59 Å². The van der Waals surface area contributed by atoms with E-state index in [1.54, 1.807) is 0 Å². The van der Waals surface area contributed by atoms with E-state index in [2.05, 4.69) is 5.32 Å². The molecule has 0 spiro atoms. The summed E-state index contributed by atoms with van der Waals surface area (Å²) in [6, 6.07) is 14.9. The second-order valence-corrected chi connectivity index (χ2v) is 4.70. The molecule has 1 N–H and O–H groups in total. The molecular weight excluding hydrogens is 285 g/mol. The molecule has 0 aliphatic rings. The molecule has 4 nitrogen and oxygen atoms in total. The largest absolute Gasteiger partial charge is 0.456 e. The lowest BCUT2D eigenvalue weighted by atomic mass is 10.1. The number of hydrogen-bond acceptors (Lipinski definition) is 3. The van der Waals surface area contributed by atoms with E-state index in [9.17, 15) is 14.0 Å². The van der Waals surface area contributed by atoms with E-state index in [0.29, 0.717) is 12.1 Å². The fraction of sp³-hybridized carbons (Fsp3) is 0.176. The molecule has 0 aliphatic heterocycles. The van der Waals surface area contributed by atoms with Crippen molar-refractivity contribution in [2.75, 3.05) is 11.9 Å². The second-order valence-electron chi connectivity index (χ2n) is 4.70. The van der Waals surface area contributed by atoms with Gasteiger partial charge in [-0.1, -0.05) is 30.3 Å². The van der Waals surface area contributed by atoms with Gasteiger partial charge >= 0.3 is 5.97 Å². The molecule has 2 aromatic carbocycles. The lowest BCUT2D eigenvalue weighted by molar-refractivity contribution is -0.147. The smallest absolute Gasteiger partial charge is 0.306 e. The molecule has 0 fully saturated rings. The van der Waals surface area contributed by atoms with Crippen LogP contribution >= 0.6 is 0 Å². The van der Waals surface area contributed by atoms with Gasteiger partial charge in [0.1, 0.15) is 5.82 Å². The number of nitrogens with one attached hydrogen (secondary N) is 1. The molecule has 5 heteroatoms. The standard InChI is InChI=1S/C17H16FNO3/c18-14-7-9-15(10-8-14)19-16(20)12-22-17(21)11-6-13-4-2-1-3-5-13/h1-5,7-10H,6,11-12H2,(H,19,20).